The highest BCUT2D eigenvalue weighted by Gasteiger charge is 2.24. The lowest BCUT2D eigenvalue weighted by Crippen LogP contribution is -2.11. The van der Waals surface area contributed by atoms with Gasteiger partial charge in [0.1, 0.15) is 11.2 Å². The van der Waals surface area contributed by atoms with Crippen LogP contribution in [0.25, 0.3) is 87.4 Å². The average Bonchev–Trinajstić information content (AvgIpc) is 3.86. The Balaban J connectivity index is 1.22. The molecule has 0 aliphatic heterocycles. The predicted molar refractivity (Wildman–Crippen MR) is 236 cm³/mol. The Kier molecular flexibility index (Phi) is 7.93. The van der Waals surface area contributed by atoms with E-state index in [9.17, 15) is 0 Å². The van der Waals surface area contributed by atoms with Crippen LogP contribution >= 0.6 is 11.3 Å². The molecule has 0 unspecified atom stereocenters. The molecule has 0 amide bonds. The largest absolute Gasteiger partial charge is 0.456 e. The highest BCUT2D eigenvalue weighted by molar-refractivity contribution is 7.25. The van der Waals surface area contributed by atoms with E-state index in [-0.39, 0.29) is 0 Å². The molecule has 3 heterocycles. The maximum absolute atomic E-state index is 6.72. The van der Waals surface area contributed by atoms with E-state index in [1.54, 1.807) is 11.3 Å². The summed E-state index contributed by atoms with van der Waals surface area (Å²) < 4.78 is 9.14. The van der Waals surface area contributed by atoms with E-state index < -0.39 is 0 Å². The summed E-state index contributed by atoms with van der Waals surface area (Å²) in [6, 6.07) is 67.3. The lowest BCUT2D eigenvalue weighted by Gasteiger charge is -2.28. The van der Waals surface area contributed by atoms with E-state index in [1.165, 1.54) is 14.8 Å². The van der Waals surface area contributed by atoms with Crippen molar-refractivity contribution in [3.63, 3.8) is 0 Å². The van der Waals surface area contributed by atoms with Crippen LogP contribution in [-0.2, 0) is 0 Å². The molecule has 0 N–H and O–H groups in total. The van der Waals surface area contributed by atoms with E-state index in [1.807, 2.05) is 36.4 Å². The van der Waals surface area contributed by atoms with Gasteiger partial charge in [-0.05, 0) is 48.0 Å². The number of nitrogens with zero attached hydrogens (tertiary/aromatic N) is 4. The third kappa shape index (κ3) is 5.74. The summed E-state index contributed by atoms with van der Waals surface area (Å²) in [4.78, 5) is 18.2. The Morgan fingerprint density at radius 1 is 0.386 bits per heavy atom. The molecule has 0 bridgehead atoms. The molecule has 0 fully saturated rings. The first-order chi connectivity index (χ1) is 28.3. The van der Waals surface area contributed by atoms with Crippen molar-refractivity contribution in [1.82, 2.24) is 15.0 Å². The van der Waals surface area contributed by atoms with Crippen molar-refractivity contribution in [2.24, 2.45) is 0 Å². The van der Waals surface area contributed by atoms with Crippen molar-refractivity contribution in [3.05, 3.63) is 194 Å². The molecule has 0 radical (unpaired) electrons. The van der Waals surface area contributed by atoms with Crippen LogP contribution in [0.15, 0.2) is 199 Å². The number of aromatic nitrogens is 3. The van der Waals surface area contributed by atoms with E-state index in [0.717, 1.165) is 72.2 Å². The number of thiophene rings is 1. The van der Waals surface area contributed by atoms with Gasteiger partial charge in [-0.3, -0.25) is 0 Å². The molecule has 11 aromatic rings. The van der Waals surface area contributed by atoms with Gasteiger partial charge in [0.15, 0.2) is 17.5 Å². The van der Waals surface area contributed by atoms with Crippen molar-refractivity contribution < 1.29 is 4.42 Å². The summed E-state index contributed by atoms with van der Waals surface area (Å²) in [6.45, 7) is 0. The maximum Gasteiger partial charge on any atom is 0.164 e. The van der Waals surface area contributed by atoms with Gasteiger partial charge in [-0.25, -0.2) is 15.0 Å². The Morgan fingerprint density at radius 2 is 0.982 bits per heavy atom. The number of benzene rings is 8. The molecule has 0 spiro atoms. The second-order valence-corrected chi connectivity index (χ2v) is 15.1. The van der Waals surface area contributed by atoms with Gasteiger partial charge in [0.05, 0.1) is 11.4 Å². The first kappa shape index (κ1) is 33.0. The topological polar surface area (TPSA) is 55.1 Å². The molecule has 8 aromatic carbocycles. The fraction of sp³-hybridized carbons (Fsp3) is 0. The van der Waals surface area contributed by atoms with Crippen LogP contribution in [0, 0.1) is 0 Å². The molecular formula is C51H32N4OS. The van der Waals surface area contributed by atoms with Crippen LogP contribution in [0.2, 0.25) is 0 Å². The molecule has 0 saturated carbocycles. The Morgan fingerprint density at radius 3 is 1.79 bits per heavy atom. The maximum atomic E-state index is 6.72. The third-order valence-corrected chi connectivity index (χ3v) is 11.7. The Bertz CT molecular complexity index is 3250. The third-order valence-electron chi connectivity index (χ3n) is 10.5. The minimum absolute atomic E-state index is 0.568. The van der Waals surface area contributed by atoms with Crippen molar-refractivity contribution in [3.8, 4) is 45.3 Å². The lowest BCUT2D eigenvalue weighted by atomic mass is 10.00. The minimum atomic E-state index is 0.568. The van der Waals surface area contributed by atoms with Gasteiger partial charge < -0.3 is 9.32 Å². The fourth-order valence-corrected chi connectivity index (χ4v) is 9.11. The first-order valence-electron chi connectivity index (χ1n) is 18.9. The van der Waals surface area contributed by atoms with Gasteiger partial charge in [0.25, 0.3) is 0 Å². The highest BCUT2D eigenvalue weighted by Crippen LogP contribution is 2.46. The average molecular weight is 749 g/mol. The summed E-state index contributed by atoms with van der Waals surface area (Å²) in [7, 11) is 0. The van der Waals surface area contributed by atoms with Gasteiger partial charge in [0, 0.05) is 65.0 Å². The summed E-state index contributed by atoms with van der Waals surface area (Å²) in [5.41, 5.74) is 9.49. The molecular weight excluding hydrogens is 717 g/mol. The molecule has 3 aromatic heterocycles. The Labute approximate surface area is 332 Å². The Hall–Kier alpha value is -7.41. The zero-order valence-electron chi connectivity index (χ0n) is 30.6. The van der Waals surface area contributed by atoms with Crippen LogP contribution < -0.4 is 4.90 Å². The summed E-state index contributed by atoms with van der Waals surface area (Å²) in [5.74, 6) is 1.79. The zero-order valence-corrected chi connectivity index (χ0v) is 31.4. The smallest absolute Gasteiger partial charge is 0.164 e. The molecule has 5 nitrogen and oxygen atoms in total. The quantitative estimate of drug-likeness (QED) is 0.162. The van der Waals surface area contributed by atoms with Crippen molar-refractivity contribution >= 4 is 70.5 Å². The second-order valence-electron chi connectivity index (χ2n) is 14.0. The van der Waals surface area contributed by atoms with Crippen LogP contribution in [0.3, 0.4) is 0 Å². The molecule has 0 aliphatic carbocycles. The number of anilines is 3. The summed E-state index contributed by atoms with van der Waals surface area (Å²) >= 11 is 1.79. The zero-order chi connectivity index (χ0) is 37.7. The number of furan rings is 1. The van der Waals surface area contributed by atoms with Gasteiger partial charge in [-0.1, -0.05) is 146 Å². The van der Waals surface area contributed by atoms with E-state index >= 15 is 0 Å². The molecule has 0 saturated heterocycles. The molecule has 0 atom stereocenters. The molecule has 0 aliphatic rings. The van der Waals surface area contributed by atoms with E-state index in [4.69, 9.17) is 19.4 Å². The molecule has 268 valence electrons. The highest BCUT2D eigenvalue weighted by atomic mass is 32.1. The SMILES string of the molecule is c1ccc(-c2nc(-c3cc(N(c4ccccc4)c4ccccc4-c4ccccc4)cc4oc5ccccc5c34)nc(-c3cccc4sc5ccccc5c34)n2)cc1. The molecule has 11 rings (SSSR count). The van der Waals surface area contributed by atoms with Crippen molar-refractivity contribution in [2.45, 2.75) is 0 Å². The minimum Gasteiger partial charge on any atom is -0.456 e. The standard InChI is InChI=1S/C51H32N4OS/c1-4-17-33(18-5-1)37-23-10-13-27-42(37)55(35-21-8-3-9-22-35)36-31-41(47-38-24-11-14-28-43(38)56-44(47)32-36)51-53-49(34-19-6-2-7-20-34)52-50(54-51)40-26-16-30-46-48(40)39-25-12-15-29-45(39)57-46/h1-32H. The van der Waals surface area contributed by atoms with Gasteiger partial charge in [0.2, 0.25) is 0 Å². The second kappa shape index (κ2) is 13.7. The lowest BCUT2D eigenvalue weighted by molar-refractivity contribution is 0.669. The van der Waals surface area contributed by atoms with Crippen LogP contribution in [0.5, 0.6) is 0 Å². The number of para-hydroxylation sites is 3. The van der Waals surface area contributed by atoms with E-state index in [0.29, 0.717) is 17.5 Å². The molecule has 57 heavy (non-hydrogen) atoms. The number of hydrogen-bond acceptors (Lipinski definition) is 6. The van der Waals surface area contributed by atoms with Gasteiger partial charge >= 0.3 is 0 Å². The van der Waals surface area contributed by atoms with Crippen molar-refractivity contribution in [2.75, 3.05) is 4.90 Å². The number of hydrogen-bond donors (Lipinski definition) is 0. The number of fused-ring (bicyclic) bond motifs is 6. The fourth-order valence-electron chi connectivity index (χ4n) is 7.97. The first-order valence-corrected chi connectivity index (χ1v) is 19.8. The molecule has 6 heteroatoms. The van der Waals surface area contributed by atoms with Crippen molar-refractivity contribution in [1.29, 1.82) is 0 Å². The normalized spacial score (nSPS) is 11.5. The van der Waals surface area contributed by atoms with Gasteiger partial charge in [-0.2, -0.15) is 0 Å². The van der Waals surface area contributed by atoms with Gasteiger partial charge in [-0.15, -0.1) is 11.3 Å². The van der Waals surface area contributed by atoms with Crippen LogP contribution in [0.1, 0.15) is 0 Å². The summed E-state index contributed by atoms with van der Waals surface area (Å²) in [5, 5.41) is 4.29. The summed E-state index contributed by atoms with van der Waals surface area (Å²) in [6.07, 6.45) is 0. The van der Waals surface area contributed by atoms with Crippen LogP contribution in [0.4, 0.5) is 17.1 Å². The number of rotatable bonds is 7. The monoisotopic (exact) mass is 748 g/mol. The van der Waals surface area contributed by atoms with E-state index in [2.05, 4.69) is 163 Å². The van der Waals surface area contributed by atoms with Crippen LogP contribution in [-0.4, -0.2) is 15.0 Å². The predicted octanol–water partition coefficient (Wildman–Crippen LogP) is 14.3.